The molecular weight excluding hydrogens is 221 g/mol. The predicted octanol–water partition coefficient (Wildman–Crippen LogP) is 2.44. The van der Waals surface area contributed by atoms with E-state index >= 15 is 0 Å². The van der Waals surface area contributed by atoms with Crippen LogP contribution in [0.15, 0.2) is 29.8 Å². The first kappa shape index (κ1) is 11.3. The minimum atomic E-state index is -1.06. The average molecular weight is 231 g/mol. The van der Waals surface area contributed by atoms with E-state index in [0.717, 1.165) is 0 Å². The maximum Gasteiger partial charge on any atom is 0.220 e. The molecule has 0 atom stereocenters. The lowest BCUT2D eigenvalue weighted by Gasteiger charge is -2.17. The third-order valence-electron chi connectivity index (χ3n) is 2.56. The topological polar surface area (TPSA) is 50.1 Å². The molecule has 0 aromatic heterocycles. The summed E-state index contributed by atoms with van der Waals surface area (Å²) in [6.07, 6.45) is 0. The van der Waals surface area contributed by atoms with Crippen molar-refractivity contribution in [3.8, 4) is 6.07 Å². The Morgan fingerprint density at radius 2 is 2.12 bits per heavy atom. The first-order valence-corrected chi connectivity index (χ1v) is 5.10. The molecule has 0 N–H and O–H groups in total. The van der Waals surface area contributed by atoms with E-state index in [4.69, 9.17) is 10.00 Å². The van der Waals surface area contributed by atoms with E-state index in [1.807, 2.05) is 6.07 Å². The summed E-state index contributed by atoms with van der Waals surface area (Å²) in [5, 5.41) is 8.97. The van der Waals surface area contributed by atoms with Crippen LogP contribution in [-0.2, 0) is 9.53 Å². The molecule has 0 saturated carbocycles. The maximum absolute atomic E-state index is 13.1. The third-order valence-corrected chi connectivity index (χ3v) is 2.56. The van der Waals surface area contributed by atoms with Crippen LogP contribution in [0.2, 0.25) is 0 Å². The van der Waals surface area contributed by atoms with Gasteiger partial charge in [0.25, 0.3) is 0 Å². The summed E-state index contributed by atoms with van der Waals surface area (Å²) in [5.41, 5.74) is -0.715. The molecule has 0 bridgehead atoms. The number of nitriles is 1. The standard InChI is InChI=1S/C13H10FNO2/c1-13(2)12(16)10(7-15)11(17-13)8-4-3-5-9(14)6-8/h3-6H,1-2H3. The molecule has 0 radical (unpaired) electrons. The van der Waals surface area contributed by atoms with Crippen LogP contribution in [0.25, 0.3) is 5.76 Å². The molecule has 0 spiro atoms. The molecule has 0 amide bonds. The van der Waals surface area contributed by atoms with Gasteiger partial charge >= 0.3 is 0 Å². The number of ketones is 1. The molecule has 1 aliphatic heterocycles. The number of rotatable bonds is 1. The van der Waals surface area contributed by atoms with Crippen molar-refractivity contribution < 1.29 is 13.9 Å². The molecule has 0 aliphatic carbocycles. The SMILES string of the molecule is CC1(C)OC(c2cccc(F)c2)=C(C#N)C1=O. The van der Waals surface area contributed by atoms with Gasteiger partial charge in [0.05, 0.1) is 0 Å². The van der Waals surface area contributed by atoms with Crippen LogP contribution in [0, 0.1) is 17.1 Å². The van der Waals surface area contributed by atoms with Crippen LogP contribution in [0.5, 0.6) is 0 Å². The Hall–Kier alpha value is -2.15. The maximum atomic E-state index is 13.1. The summed E-state index contributed by atoms with van der Waals surface area (Å²) in [6, 6.07) is 7.45. The fraction of sp³-hybridized carbons (Fsp3) is 0.231. The highest BCUT2D eigenvalue weighted by Crippen LogP contribution is 2.35. The van der Waals surface area contributed by atoms with E-state index in [1.165, 1.54) is 18.2 Å². The second kappa shape index (κ2) is 3.70. The first-order chi connectivity index (χ1) is 7.95. The second-order valence-corrected chi connectivity index (χ2v) is 4.27. The zero-order valence-electron chi connectivity index (χ0n) is 9.45. The molecular formula is C13H10FNO2. The summed E-state index contributed by atoms with van der Waals surface area (Å²) in [4.78, 5) is 11.8. The smallest absolute Gasteiger partial charge is 0.220 e. The number of benzene rings is 1. The van der Waals surface area contributed by atoms with Gasteiger partial charge in [0, 0.05) is 5.56 Å². The van der Waals surface area contributed by atoms with E-state index < -0.39 is 11.4 Å². The summed E-state index contributed by atoms with van der Waals surface area (Å²) >= 11 is 0. The number of halogens is 1. The quantitative estimate of drug-likeness (QED) is 0.745. The van der Waals surface area contributed by atoms with Crippen molar-refractivity contribution in [2.45, 2.75) is 19.4 Å². The molecule has 2 rings (SSSR count). The van der Waals surface area contributed by atoms with Gasteiger partial charge < -0.3 is 4.74 Å². The molecule has 1 aromatic rings. The Bertz CT molecular complexity index is 567. The molecule has 1 heterocycles. The van der Waals surface area contributed by atoms with E-state index in [-0.39, 0.29) is 17.1 Å². The van der Waals surface area contributed by atoms with Crippen molar-refractivity contribution in [1.82, 2.24) is 0 Å². The van der Waals surface area contributed by atoms with Crippen LogP contribution in [0.3, 0.4) is 0 Å². The van der Waals surface area contributed by atoms with Gasteiger partial charge in [0.15, 0.2) is 5.60 Å². The van der Waals surface area contributed by atoms with E-state index in [0.29, 0.717) is 5.56 Å². The molecule has 86 valence electrons. The van der Waals surface area contributed by atoms with Crippen LogP contribution in [0.4, 0.5) is 4.39 Å². The van der Waals surface area contributed by atoms with Crippen molar-refractivity contribution >= 4 is 11.5 Å². The molecule has 3 nitrogen and oxygen atoms in total. The molecule has 17 heavy (non-hydrogen) atoms. The largest absolute Gasteiger partial charge is 0.478 e. The van der Waals surface area contributed by atoms with E-state index in [2.05, 4.69) is 0 Å². The number of hydrogen-bond donors (Lipinski definition) is 0. The number of carbonyl (C=O) groups excluding carboxylic acids is 1. The Morgan fingerprint density at radius 3 is 2.71 bits per heavy atom. The van der Waals surface area contributed by atoms with E-state index in [1.54, 1.807) is 19.9 Å². The van der Waals surface area contributed by atoms with Crippen molar-refractivity contribution in [2.24, 2.45) is 0 Å². The minimum absolute atomic E-state index is 0.0550. The fourth-order valence-corrected chi connectivity index (χ4v) is 1.69. The normalized spacial score (nSPS) is 17.9. The summed E-state index contributed by atoms with van der Waals surface area (Å²) in [7, 11) is 0. The van der Waals surface area contributed by atoms with Crippen LogP contribution in [-0.4, -0.2) is 11.4 Å². The van der Waals surface area contributed by atoms with E-state index in [9.17, 15) is 9.18 Å². The zero-order chi connectivity index (χ0) is 12.6. The number of hydrogen-bond acceptors (Lipinski definition) is 3. The lowest BCUT2D eigenvalue weighted by Crippen LogP contribution is -2.29. The van der Waals surface area contributed by atoms with Crippen LogP contribution >= 0.6 is 0 Å². The summed E-state index contributed by atoms with van der Waals surface area (Å²) < 4.78 is 18.5. The Balaban J connectivity index is 2.56. The number of carbonyl (C=O) groups is 1. The van der Waals surface area contributed by atoms with Gasteiger partial charge in [-0.25, -0.2) is 4.39 Å². The summed E-state index contributed by atoms with van der Waals surface area (Å²) in [6.45, 7) is 3.16. The van der Waals surface area contributed by atoms with Crippen molar-refractivity contribution in [2.75, 3.05) is 0 Å². The van der Waals surface area contributed by atoms with Crippen molar-refractivity contribution in [1.29, 1.82) is 5.26 Å². The Kier molecular flexibility index (Phi) is 2.47. The molecule has 4 heteroatoms. The Morgan fingerprint density at radius 1 is 1.41 bits per heavy atom. The molecule has 0 saturated heterocycles. The fourth-order valence-electron chi connectivity index (χ4n) is 1.69. The van der Waals surface area contributed by atoms with Gasteiger partial charge in [-0.3, -0.25) is 4.79 Å². The van der Waals surface area contributed by atoms with Crippen molar-refractivity contribution in [3.63, 3.8) is 0 Å². The molecule has 0 fully saturated rings. The number of nitrogens with zero attached hydrogens (tertiary/aromatic N) is 1. The van der Waals surface area contributed by atoms with Gasteiger partial charge in [0.2, 0.25) is 5.78 Å². The Labute approximate surface area is 98.1 Å². The van der Waals surface area contributed by atoms with Crippen LogP contribution in [0.1, 0.15) is 19.4 Å². The monoisotopic (exact) mass is 231 g/mol. The lowest BCUT2D eigenvalue weighted by atomic mass is 9.99. The highest BCUT2D eigenvalue weighted by Gasteiger charge is 2.42. The summed E-state index contributed by atoms with van der Waals surface area (Å²) in [5.74, 6) is -0.658. The van der Waals surface area contributed by atoms with Crippen LogP contribution < -0.4 is 0 Å². The minimum Gasteiger partial charge on any atom is -0.478 e. The number of ether oxygens (including phenoxy) is 1. The predicted molar refractivity (Wildman–Crippen MR) is 59.1 cm³/mol. The first-order valence-electron chi connectivity index (χ1n) is 5.10. The van der Waals surface area contributed by atoms with Gasteiger partial charge in [-0.1, -0.05) is 12.1 Å². The second-order valence-electron chi connectivity index (χ2n) is 4.27. The molecule has 1 aliphatic rings. The molecule has 0 unspecified atom stereocenters. The lowest BCUT2D eigenvalue weighted by molar-refractivity contribution is -0.126. The number of Topliss-reactive ketones (excluding diaryl/α,β-unsaturated/α-hetero) is 1. The molecule has 1 aromatic carbocycles. The zero-order valence-corrected chi connectivity index (χ0v) is 9.45. The third kappa shape index (κ3) is 1.80. The van der Waals surface area contributed by atoms with Gasteiger partial charge in [0.1, 0.15) is 23.2 Å². The van der Waals surface area contributed by atoms with Gasteiger partial charge in [-0.2, -0.15) is 5.26 Å². The van der Waals surface area contributed by atoms with Gasteiger partial charge in [-0.05, 0) is 26.0 Å². The highest BCUT2D eigenvalue weighted by molar-refractivity contribution is 6.12. The van der Waals surface area contributed by atoms with Crippen molar-refractivity contribution in [3.05, 3.63) is 41.2 Å². The average Bonchev–Trinajstić information content (AvgIpc) is 2.50. The van der Waals surface area contributed by atoms with Gasteiger partial charge in [-0.15, -0.1) is 0 Å². The highest BCUT2D eigenvalue weighted by atomic mass is 19.1.